The van der Waals surface area contributed by atoms with E-state index in [9.17, 15) is 0 Å². The van der Waals surface area contributed by atoms with Crippen LogP contribution in [0.5, 0.6) is 0 Å². The minimum atomic E-state index is 0.285. The van der Waals surface area contributed by atoms with E-state index < -0.39 is 0 Å². The average molecular weight is 233 g/mol. The first-order valence-electron chi connectivity index (χ1n) is 5.26. The second kappa shape index (κ2) is 4.61. The lowest BCUT2D eigenvalue weighted by Gasteiger charge is -2.12. The molecular weight excluding hydrogens is 218 g/mol. The highest BCUT2D eigenvalue weighted by atomic mass is 32.1. The Bertz CT molecular complexity index is 479. The SMILES string of the molecule is Cc1cc(NC(C)c2ccc(C)s2)ncn1. The fraction of sp³-hybridized carbons (Fsp3) is 0.333. The van der Waals surface area contributed by atoms with Gasteiger partial charge in [0.1, 0.15) is 12.1 Å². The van der Waals surface area contributed by atoms with Crippen molar-refractivity contribution >= 4 is 17.2 Å². The molecule has 0 fully saturated rings. The molecule has 1 unspecified atom stereocenters. The molecule has 84 valence electrons. The van der Waals surface area contributed by atoms with Crippen LogP contribution in [0.2, 0.25) is 0 Å². The third kappa shape index (κ3) is 2.58. The lowest BCUT2D eigenvalue weighted by Crippen LogP contribution is -2.06. The number of hydrogen-bond donors (Lipinski definition) is 1. The van der Waals surface area contributed by atoms with Crippen molar-refractivity contribution in [2.45, 2.75) is 26.8 Å². The van der Waals surface area contributed by atoms with Gasteiger partial charge in [0, 0.05) is 21.5 Å². The quantitative estimate of drug-likeness (QED) is 0.883. The van der Waals surface area contributed by atoms with Gasteiger partial charge in [-0.2, -0.15) is 0 Å². The van der Waals surface area contributed by atoms with Gasteiger partial charge in [0.25, 0.3) is 0 Å². The van der Waals surface area contributed by atoms with E-state index in [1.54, 1.807) is 6.33 Å². The van der Waals surface area contributed by atoms with Gasteiger partial charge in [-0.1, -0.05) is 0 Å². The molecule has 2 rings (SSSR count). The van der Waals surface area contributed by atoms with Crippen molar-refractivity contribution in [3.8, 4) is 0 Å². The fourth-order valence-electron chi connectivity index (χ4n) is 1.51. The van der Waals surface area contributed by atoms with Crippen molar-refractivity contribution in [1.29, 1.82) is 0 Å². The minimum absolute atomic E-state index is 0.285. The normalized spacial score (nSPS) is 12.4. The Morgan fingerprint density at radius 1 is 1.25 bits per heavy atom. The molecule has 0 aliphatic rings. The number of thiophene rings is 1. The number of nitrogens with zero attached hydrogens (tertiary/aromatic N) is 2. The lowest BCUT2D eigenvalue weighted by atomic mass is 10.2. The Kier molecular flexibility index (Phi) is 3.19. The van der Waals surface area contributed by atoms with Crippen LogP contribution in [0.4, 0.5) is 5.82 Å². The minimum Gasteiger partial charge on any atom is -0.363 e. The third-order valence-electron chi connectivity index (χ3n) is 2.36. The van der Waals surface area contributed by atoms with Crippen LogP contribution in [-0.4, -0.2) is 9.97 Å². The van der Waals surface area contributed by atoms with Crippen molar-refractivity contribution in [3.05, 3.63) is 40.0 Å². The molecule has 2 aromatic heterocycles. The summed E-state index contributed by atoms with van der Waals surface area (Å²) in [5.41, 5.74) is 0.979. The monoisotopic (exact) mass is 233 g/mol. The first-order chi connectivity index (χ1) is 7.65. The topological polar surface area (TPSA) is 37.8 Å². The molecule has 0 aliphatic heterocycles. The first kappa shape index (κ1) is 11.1. The summed E-state index contributed by atoms with van der Waals surface area (Å²) in [7, 11) is 0. The van der Waals surface area contributed by atoms with E-state index in [2.05, 4.69) is 41.3 Å². The highest BCUT2D eigenvalue weighted by molar-refractivity contribution is 7.12. The molecular formula is C12H15N3S. The lowest BCUT2D eigenvalue weighted by molar-refractivity contribution is 0.890. The smallest absolute Gasteiger partial charge is 0.130 e. The number of rotatable bonds is 3. The Hall–Kier alpha value is -1.42. The Morgan fingerprint density at radius 2 is 2.06 bits per heavy atom. The van der Waals surface area contributed by atoms with Crippen molar-refractivity contribution in [2.24, 2.45) is 0 Å². The van der Waals surface area contributed by atoms with Crippen molar-refractivity contribution in [1.82, 2.24) is 9.97 Å². The van der Waals surface area contributed by atoms with Gasteiger partial charge in [-0.3, -0.25) is 0 Å². The summed E-state index contributed by atoms with van der Waals surface area (Å²) < 4.78 is 0. The molecule has 0 aliphatic carbocycles. The summed E-state index contributed by atoms with van der Waals surface area (Å²) in [5.74, 6) is 0.881. The van der Waals surface area contributed by atoms with Crippen molar-refractivity contribution < 1.29 is 0 Å². The molecule has 0 spiro atoms. The van der Waals surface area contributed by atoms with Gasteiger partial charge in [-0.25, -0.2) is 9.97 Å². The standard InChI is InChI=1S/C12H15N3S/c1-8-6-12(14-7-13-8)15-10(3)11-5-4-9(2)16-11/h4-7,10H,1-3H3,(H,13,14,15). The van der Waals surface area contributed by atoms with Gasteiger partial charge in [0.15, 0.2) is 0 Å². The second-order valence-electron chi connectivity index (χ2n) is 3.86. The summed E-state index contributed by atoms with van der Waals surface area (Å²) in [6.45, 7) is 6.23. The van der Waals surface area contributed by atoms with E-state index in [4.69, 9.17) is 0 Å². The van der Waals surface area contributed by atoms with E-state index in [0.29, 0.717) is 0 Å². The van der Waals surface area contributed by atoms with Crippen LogP contribution in [0, 0.1) is 13.8 Å². The molecule has 2 heterocycles. The molecule has 0 bridgehead atoms. The van der Waals surface area contributed by atoms with Crippen LogP contribution in [0.1, 0.15) is 28.4 Å². The molecule has 0 aromatic carbocycles. The van der Waals surface area contributed by atoms with Gasteiger partial charge in [-0.15, -0.1) is 11.3 Å². The second-order valence-corrected chi connectivity index (χ2v) is 5.18. The van der Waals surface area contributed by atoms with Crippen LogP contribution >= 0.6 is 11.3 Å². The average Bonchev–Trinajstić information content (AvgIpc) is 2.65. The Labute approximate surface area is 99.6 Å². The van der Waals surface area contributed by atoms with Crippen LogP contribution in [0.15, 0.2) is 24.5 Å². The van der Waals surface area contributed by atoms with Gasteiger partial charge in [0.2, 0.25) is 0 Å². The van der Waals surface area contributed by atoms with Gasteiger partial charge in [0.05, 0.1) is 6.04 Å². The molecule has 1 N–H and O–H groups in total. The predicted octanol–water partition coefficient (Wildman–Crippen LogP) is 3.33. The van der Waals surface area contributed by atoms with Crippen LogP contribution in [0.25, 0.3) is 0 Å². The summed E-state index contributed by atoms with van der Waals surface area (Å²) in [5, 5.41) is 3.37. The maximum absolute atomic E-state index is 4.19. The van der Waals surface area contributed by atoms with Gasteiger partial charge < -0.3 is 5.32 Å². The largest absolute Gasteiger partial charge is 0.363 e. The number of anilines is 1. The Morgan fingerprint density at radius 3 is 2.69 bits per heavy atom. The van der Waals surface area contributed by atoms with E-state index >= 15 is 0 Å². The summed E-state index contributed by atoms with van der Waals surface area (Å²) in [6, 6.07) is 6.54. The number of aromatic nitrogens is 2. The highest BCUT2D eigenvalue weighted by Crippen LogP contribution is 2.24. The van der Waals surface area contributed by atoms with Crippen molar-refractivity contribution in [3.63, 3.8) is 0 Å². The van der Waals surface area contributed by atoms with Crippen molar-refractivity contribution in [2.75, 3.05) is 5.32 Å². The zero-order valence-corrected chi connectivity index (χ0v) is 10.5. The molecule has 0 amide bonds. The van der Waals surface area contributed by atoms with E-state index in [1.807, 2.05) is 24.3 Å². The zero-order valence-electron chi connectivity index (χ0n) is 9.69. The molecule has 2 aromatic rings. The predicted molar refractivity (Wildman–Crippen MR) is 67.9 cm³/mol. The molecule has 0 saturated carbocycles. The third-order valence-corrected chi connectivity index (χ3v) is 3.54. The van der Waals surface area contributed by atoms with Gasteiger partial charge in [-0.05, 0) is 32.9 Å². The molecule has 4 heteroatoms. The number of nitrogens with one attached hydrogen (secondary N) is 1. The first-order valence-corrected chi connectivity index (χ1v) is 6.08. The fourth-order valence-corrected chi connectivity index (χ4v) is 2.39. The van der Waals surface area contributed by atoms with Crippen LogP contribution in [0.3, 0.4) is 0 Å². The van der Waals surface area contributed by atoms with E-state index in [1.165, 1.54) is 9.75 Å². The van der Waals surface area contributed by atoms with Crippen LogP contribution < -0.4 is 5.32 Å². The maximum Gasteiger partial charge on any atom is 0.130 e. The molecule has 16 heavy (non-hydrogen) atoms. The van der Waals surface area contributed by atoms with Gasteiger partial charge >= 0.3 is 0 Å². The zero-order chi connectivity index (χ0) is 11.5. The summed E-state index contributed by atoms with van der Waals surface area (Å²) >= 11 is 1.81. The molecule has 3 nitrogen and oxygen atoms in total. The summed E-state index contributed by atoms with van der Waals surface area (Å²) in [4.78, 5) is 10.9. The molecule has 0 saturated heterocycles. The van der Waals surface area contributed by atoms with E-state index in [-0.39, 0.29) is 6.04 Å². The maximum atomic E-state index is 4.19. The molecule has 1 atom stereocenters. The highest BCUT2D eigenvalue weighted by Gasteiger charge is 2.07. The summed E-state index contributed by atoms with van der Waals surface area (Å²) in [6.07, 6.45) is 1.59. The number of hydrogen-bond acceptors (Lipinski definition) is 4. The van der Waals surface area contributed by atoms with E-state index in [0.717, 1.165) is 11.5 Å². The Balaban J connectivity index is 2.10. The number of aryl methyl sites for hydroxylation is 2. The van der Waals surface area contributed by atoms with Crippen LogP contribution in [-0.2, 0) is 0 Å². The molecule has 0 radical (unpaired) electrons.